The molecule has 1 unspecified atom stereocenters. The second-order valence-electron chi connectivity index (χ2n) is 4.31. The number of likely N-dealkylation sites (N-methyl/N-ethyl adjacent to an activating group) is 1. The van der Waals surface area contributed by atoms with E-state index in [-0.39, 0.29) is 11.9 Å². The van der Waals surface area contributed by atoms with Crippen molar-refractivity contribution in [3.05, 3.63) is 28.0 Å². The zero-order valence-electron chi connectivity index (χ0n) is 10.5. The first-order chi connectivity index (χ1) is 9.09. The van der Waals surface area contributed by atoms with Crippen LogP contribution in [-0.2, 0) is 9.53 Å². The molecule has 19 heavy (non-hydrogen) atoms. The van der Waals surface area contributed by atoms with Gasteiger partial charge in [0.15, 0.2) is 0 Å². The first-order valence-corrected chi connectivity index (χ1v) is 6.81. The molecule has 1 saturated heterocycles. The van der Waals surface area contributed by atoms with Gasteiger partial charge in [-0.25, -0.2) is 4.79 Å². The Labute approximate surface area is 115 Å². The SMILES string of the molecule is CN(C(=O)c1sccc1/C=C/C(=O)O)C1CCOC1. The monoisotopic (exact) mass is 281 g/mol. The quantitative estimate of drug-likeness (QED) is 0.853. The van der Waals surface area contributed by atoms with Gasteiger partial charge in [-0.1, -0.05) is 0 Å². The van der Waals surface area contributed by atoms with Crippen LogP contribution in [0.1, 0.15) is 21.7 Å². The summed E-state index contributed by atoms with van der Waals surface area (Å²) in [7, 11) is 1.76. The zero-order valence-corrected chi connectivity index (χ0v) is 11.4. The first kappa shape index (κ1) is 13.8. The minimum absolute atomic E-state index is 0.0875. The summed E-state index contributed by atoms with van der Waals surface area (Å²) < 4.78 is 5.27. The summed E-state index contributed by atoms with van der Waals surface area (Å²) in [6, 6.07) is 1.85. The number of carbonyl (C=O) groups is 2. The molecule has 1 aliphatic rings. The van der Waals surface area contributed by atoms with Crippen LogP contribution in [0, 0.1) is 0 Å². The average Bonchev–Trinajstić information content (AvgIpc) is 3.05. The fourth-order valence-corrected chi connectivity index (χ4v) is 2.81. The molecule has 1 atom stereocenters. The van der Waals surface area contributed by atoms with Crippen molar-refractivity contribution >= 4 is 29.3 Å². The number of thiophene rings is 1. The molecule has 0 aromatic carbocycles. The molecule has 1 N–H and O–H groups in total. The van der Waals surface area contributed by atoms with Crippen molar-refractivity contribution in [3.63, 3.8) is 0 Å². The van der Waals surface area contributed by atoms with Crippen molar-refractivity contribution in [2.24, 2.45) is 0 Å². The van der Waals surface area contributed by atoms with Crippen LogP contribution in [0.4, 0.5) is 0 Å². The molecule has 0 radical (unpaired) electrons. The highest BCUT2D eigenvalue weighted by atomic mass is 32.1. The molecule has 1 aromatic heterocycles. The molecule has 6 heteroatoms. The first-order valence-electron chi connectivity index (χ1n) is 5.93. The maximum absolute atomic E-state index is 12.4. The third-order valence-corrected chi connectivity index (χ3v) is 3.99. The van der Waals surface area contributed by atoms with E-state index in [4.69, 9.17) is 9.84 Å². The Bertz CT molecular complexity index is 502. The summed E-state index contributed by atoms with van der Waals surface area (Å²) in [5.41, 5.74) is 0.642. The van der Waals surface area contributed by atoms with E-state index in [1.54, 1.807) is 23.4 Å². The molecule has 2 rings (SSSR count). The molecule has 102 valence electrons. The van der Waals surface area contributed by atoms with Crippen molar-refractivity contribution in [1.82, 2.24) is 4.90 Å². The van der Waals surface area contributed by atoms with Gasteiger partial charge in [-0.15, -0.1) is 11.3 Å². The van der Waals surface area contributed by atoms with Crippen molar-refractivity contribution in [2.45, 2.75) is 12.5 Å². The fourth-order valence-electron chi connectivity index (χ4n) is 1.94. The third kappa shape index (κ3) is 3.21. The number of amides is 1. The molecule has 1 amide bonds. The van der Waals surface area contributed by atoms with E-state index >= 15 is 0 Å². The second-order valence-corrected chi connectivity index (χ2v) is 5.23. The predicted molar refractivity (Wildman–Crippen MR) is 72.3 cm³/mol. The Morgan fingerprint density at radius 3 is 3.00 bits per heavy atom. The smallest absolute Gasteiger partial charge is 0.328 e. The Hall–Kier alpha value is -1.66. The highest BCUT2D eigenvalue weighted by Crippen LogP contribution is 2.22. The van der Waals surface area contributed by atoms with E-state index in [9.17, 15) is 9.59 Å². The molecular formula is C13H15NO4S. The number of carboxylic acids is 1. The fraction of sp³-hybridized carbons (Fsp3) is 0.385. The predicted octanol–water partition coefficient (Wildman–Crippen LogP) is 1.71. The van der Waals surface area contributed by atoms with Crippen molar-refractivity contribution in [3.8, 4) is 0 Å². The average molecular weight is 281 g/mol. The van der Waals surface area contributed by atoms with Crippen LogP contribution in [0.2, 0.25) is 0 Å². The summed E-state index contributed by atoms with van der Waals surface area (Å²) in [6.45, 7) is 1.24. The number of hydrogen-bond donors (Lipinski definition) is 1. The van der Waals surface area contributed by atoms with Gasteiger partial charge in [-0.2, -0.15) is 0 Å². The van der Waals surface area contributed by atoms with Crippen LogP contribution < -0.4 is 0 Å². The van der Waals surface area contributed by atoms with Gasteiger partial charge >= 0.3 is 5.97 Å². The molecule has 5 nitrogen and oxygen atoms in total. The van der Waals surface area contributed by atoms with Gasteiger partial charge in [0.2, 0.25) is 0 Å². The molecule has 0 bridgehead atoms. The summed E-state index contributed by atoms with van der Waals surface area (Å²) in [4.78, 5) is 25.1. The molecule has 1 aliphatic heterocycles. The molecule has 0 saturated carbocycles. The van der Waals surface area contributed by atoms with Crippen LogP contribution in [-0.4, -0.2) is 48.2 Å². The van der Waals surface area contributed by atoms with Gasteiger partial charge in [-0.3, -0.25) is 4.79 Å². The number of hydrogen-bond acceptors (Lipinski definition) is 4. The topological polar surface area (TPSA) is 66.8 Å². The minimum atomic E-state index is -1.03. The number of ether oxygens (including phenoxy) is 1. The second kappa shape index (κ2) is 5.99. The van der Waals surface area contributed by atoms with E-state index in [1.165, 1.54) is 17.4 Å². The number of carbonyl (C=O) groups excluding carboxylic acids is 1. The van der Waals surface area contributed by atoms with Crippen LogP contribution in [0.3, 0.4) is 0 Å². The molecule has 0 spiro atoms. The van der Waals surface area contributed by atoms with Crippen molar-refractivity contribution in [1.29, 1.82) is 0 Å². The van der Waals surface area contributed by atoms with Gasteiger partial charge in [0.25, 0.3) is 5.91 Å². The molecule has 0 aliphatic carbocycles. The van der Waals surface area contributed by atoms with Gasteiger partial charge < -0.3 is 14.7 Å². The molecular weight excluding hydrogens is 266 g/mol. The number of aliphatic carboxylic acids is 1. The van der Waals surface area contributed by atoms with Crippen molar-refractivity contribution in [2.75, 3.05) is 20.3 Å². The Balaban J connectivity index is 2.14. The van der Waals surface area contributed by atoms with Crippen LogP contribution in [0.5, 0.6) is 0 Å². The molecule has 1 fully saturated rings. The summed E-state index contributed by atoms with van der Waals surface area (Å²) >= 11 is 1.32. The van der Waals surface area contributed by atoms with Crippen LogP contribution in [0.15, 0.2) is 17.5 Å². The standard InChI is InChI=1S/C13H15NO4S/c1-14(10-4-6-18-8-10)13(17)12-9(5-7-19-12)2-3-11(15)16/h2-3,5,7,10H,4,6,8H2,1H3,(H,15,16)/b3-2+. The number of rotatable bonds is 4. The lowest BCUT2D eigenvalue weighted by Crippen LogP contribution is -2.37. The van der Waals surface area contributed by atoms with Gasteiger partial charge in [-0.05, 0) is 29.5 Å². The highest BCUT2D eigenvalue weighted by Gasteiger charge is 2.26. The summed E-state index contributed by atoms with van der Waals surface area (Å²) in [6.07, 6.45) is 3.33. The molecule has 1 aromatic rings. The summed E-state index contributed by atoms with van der Waals surface area (Å²) in [5.74, 6) is -1.11. The van der Waals surface area contributed by atoms with E-state index in [2.05, 4.69) is 0 Å². The lowest BCUT2D eigenvalue weighted by Gasteiger charge is -2.22. The highest BCUT2D eigenvalue weighted by molar-refractivity contribution is 7.12. The van der Waals surface area contributed by atoms with E-state index in [1.807, 2.05) is 0 Å². The van der Waals surface area contributed by atoms with Gasteiger partial charge in [0.1, 0.15) is 0 Å². The number of carboxylic acid groups (broad SMARTS) is 1. The van der Waals surface area contributed by atoms with E-state index in [0.29, 0.717) is 23.7 Å². The van der Waals surface area contributed by atoms with E-state index in [0.717, 1.165) is 12.5 Å². The lowest BCUT2D eigenvalue weighted by molar-refractivity contribution is -0.131. The van der Waals surface area contributed by atoms with Gasteiger partial charge in [0.05, 0.1) is 17.5 Å². The Morgan fingerprint density at radius 2 is 2.37 bits per heavy atom. The Kier molecular flexibility index (Phi) is 4.34. The minimum Gasteiger partial charge on any atom is -0.478 e. The maximum Gasteiger partial charge on any atom is 0.328 e. The number of nitrogens with zero attached hydrogens (tertiary/aromatic N) is 1. The van der Waals surface area contributed by atoms with Crippen molar-refractivity contribution < 1.29 is 19.4 Å². The van der Waals surface area contributed by atoms with E-state index < -0.39 is 5.97 Å². The molecule has 2 heterocycles. The maximum atomic E-state index is 12.4. The summed E-state index contributed by atoms with van der Waals surface area (Å²) in [5, 5.41) is 10.4. The normalized spacial score (nSPS) is 18.9. The van der Waals surface area contributed by atoms with Crippen LogP contribution >= 0.6 is 11.3 Å². The van der Waals surface area contributed by atoms with Gasteiger partial charge in [0, 0.05) is 19.7 Å². The van der Waals surface area contributed by atoms with Crippen LogP contribution in [0.25, 0.3) is 6.08 Å². The zero-order chi connectivity index (χ0) is 13.8. The lowest BCUT2D eigenvalue weighted by atomic mass is 10.2. The Morgan fingerprint density at radius 1 is 1.58 bits per heavy atom. The third-order valence-electron chi connectivity index (χ3n) is 3.07. The largest absolute Gasteiger partial charge is 0.478 e.